The molecule has 2 aromatic heterocycles. The summed E-state index contributed by atoms with van der Waals surface area (Å²) in [5, 5.41) is 7.11. The van der Waals surface area contributed by atoms with Crippen LogP contribution >= 0.6 is 0 Å². The monoisotopic (exact) mass is 230 g/mol. The molecule has 0 spiro atoms. The highest BCUT2D eigenvalue weighted by molar-refractivity contribution is 5.67. The summed E-state index contributed by atoms with van der Waals surface area (Å²) < 4.78 is 0. The fourth-order valence-electron chi connectivity index (χ4n) is 1.92. The molecule has 17 heavy (non-hydrogen) atoms. The maximum absolute atomic E-state index is 5.90. The molecule has 0 bridgehead atoms. The Morgan fingerprint density at radius 3 is 2.76 bits per heavy atom. The zero-order valence-electron chi connectivity index (χ0n) is 10.5. The van der Waals surface area contributed by atoms with E-state index in [9.17, 15) is 0 Å². The van der Waals surface area contributed by atoms with Gasteiger partial charge in [-0.25, -0.2) is 0 Å². The van der Waals surface area contributed by atoms with E-state index in [0.29, 0.717) is 11.7 Å². The second kappa shape index (κ2) is 4.57. The van der Waals surface area contributed by atoms with Gasteiger partial charge in [0.2, 0.25) is 0 Å². The first-order chi connectivity index (χ1) is 8.08. The topological polar surface area (TPSA) is 67.6 Å². The average Bonchev–Trinajstić information content (AvgIpc) is 2.60. The van der Waals surface area contributed by atoms with Crippen LogP contribution < -0.4 is 5.73 Å². The number of nitrogen functional groups attached to an aromatic ring is 1. The molecule has 0 fully saturated rings. The normalized spacial score (nSPS) is 11.1. The molecule has 0 atom stereocenters. The molecule has 0 aromatic carbocycles. The maximum atomic E-state index is 5.90. The molecule has 0 radical (unpaired) electrons. The molecule has 2 heterocycles. The summed E-state index contributed by atoms with van der Waals surface area (Å²) in [6.45, 7) is 6.37. The summed E-state index contributed by atoms with van der Waals surface area (Å²) in [7, 11) is 0. The Labute approximate surface area is 101 Å². The fourth-order valence-corrected chi connectivity index (χ4v) is 1.92. The van der Waals surface area contributed by atoms with Gasteiger partial charge in [0.15, 0.2) is 0 Å². The lowest BCUT2D eigenvalue weighted by molar-refractivity contribution is 0.649. The Morgan fingerprint density at radius 2 is 2.12 bits per heavy atom. The molecule has 3 N–H and O–H groups in total. The van der Waals surface area contributed by atoms with Gasteiger partial charge in [0.1, 0.15) is 5.82 Å². The van der Waals surface area contributed by atoms with Crippen LogP contribution in [0.1, 0.15) is 25.0 Å². The van der Waals surface area contributed by atoms with Gasteiger partial charge in [-0.05, 0) is 30.9 Å². The van der Waals surface area contributed by atoms with Crippen LogP contribution in [0.15, 0.2) is 18.5 Å². The first-order valence-electron chi connectivity index (χ1n) is 5.82. The number of nitrogens with one attached hydrogen (secondary N) is 1. The minimum Gasteiger partial charge on any atom is -0.382 e. The van der Waals surface area contributed by atoms with Crippen molar-refractivity contribution in [1.82, 2.24) is 15.2 Å². The number of hydrogen-bond donors (Lipinski definition) is 2. The first-order valence-corrected chi connectivity index (χ1v) is 5.82. The van der Waals surface area contributed by atoms with E-state index in [-0.39, 0.29) is 0 Å². The number of rotatable bonds is 3. The Morgan fingerprint density at radius 1 is 1.35 bits per heavy atom. The van der Waals surface area contributed by atoms with Crippen molar-refractivity contribution in [3.8, 4) is 11.3 Å². The van der Waals surface area contributed by atoms with E-state index in [0.717, 1.165) is 28.8 Å². The van der Waals surface area contributed by atoms with Gasteiger partial charge in [0.05, 0.1) is 5.69 Å². The number of anilines is 1. The summed E-state index contributed by atoms with van der Waals surface area (Å²) in [5.41, 5.74) is 10.2. The quantitative estimate of drug-likeness (QED) is 0.851. The number of nitrogens with two attached hydrogens (primary N) is 1. The number of pyridine rings is 1. The predicted octanol–water partition coefficient (Wildman–Crippen LogP) is 2.56. The number of aromatic nitrogens is 3. The third-order valence-electron chi connectivity index (χ3n) is 2.68. The molecular formula is C13H18N4. The molecule has 0 amide bonds. The van der Waals surface area contributed by atoms with Crippen LogP contribution in [0.3, 0.4) is 0 Å². The van der Waals surface area contributed by atoms with Gasteiger partial charge in [-0.15, -0.1) is 0 Å². The molecule has 0 aliphatic carbocycles. The van der Waals surface area contributed by atoms with Crippen molar-refractivity contribution in [1.29, 1.82) is 0 Å². The summed E-state index contributed by atoms with van der Waals surface area (Å²) in [6, 6.07) is 2.09. The van der Waals surface area contributed by atoms with E-state index in [1.165, 1.54) is 0 Å². The SMILES string of the molecule is Cc1cncc(-c2[nH]nc(N)c2CC(C)C)c1. The molecule has 4 heteroatoms. The van der Waals surface area contributed by atoms with Crippen LogP contribution in [0, 0.1) is 12.8 Å². The molecule has 0 unspecified atom stereocenters. The lowest BCUT2D eigenvalue weighted by atomic mass is 9.99. The predicted molar refractivity (Wildman–Crippen MR) is 69.5 cm³/mol. The highest BCUT2D eigenvalue weighted by Gasteiger charge is 2.14. The number of hydrogen-bond acceptors (Lipinski definition) is 3. The average molecular weight is 230 g/mol. The van der Waals surface area contributed by atoms with Crippen molar-refractivity contribution in [3.63, 3.8) is 0 Å². The van der Waals surface area contributed by atoms with Crippen LogP contribution in [-0.2, 0) is 6.42 Å². The van der Waals surface area contributed by atoms with E-state index in [4.69, 9.17) is 5.73 Å². The van der Waals surface area contributed by atoms with Crippen LogP contribution in [0.25, 0.3) is 11.3 Å². The first kappa shape index (κ1) is 11.6. The standard InChI is InChI=1S/C13H18N4/c1-8(2)4-11-12(16-17-13(11)14)10-5-9(3)6-15-7-10/h5-8H,4H2,1-3H3,(H3,14,16,17). The Balaban J connectivity index is 2.45. The van der Waals surface area contributed by atoms with E-state index in [2.05, 4.69) is 35.1 Å². The number of aryl methyl sites for hydroxylation is 1. The third kappa shape index (κ3) is 2.46. The molecule has 2 aromatic rings. The van der Waals surface area contributed by atoms with Gasteiger partial charge in [-0.2, -0.15) is 5.10 Å². The summed E-state index contributed by atoms with van der Waals surface area (Å²) in [5.74, 6) is 1.14. The van der Waals surface area contributed by atoms with E-state index < -0.39 is 0 Å². The molecule has 4 nitrogen and oxygen atoms in total. The molecule has 0 saturated carbocycles. The Bertz CT molecular complexity index is 514. The molecular weight excluding hydrogens is 212 g/mol. The highest BCUT2D eigenvalue weighted by atomic mass is 15.2. The van der Waals surface area contributed by atoms with Gasteiger partial charge < -0.3 is 5.73 Å². The molecule has 2 rings (SSSR count). The Kier molecular flexibility index (Phi) is 3.13. The molecule has 0 aliphatic rings. The van der Waals surface area contributed by atoms with Crippen molar-refractivity contribution in [2.45, 2.75) is 27.2 Å². The third-order valence-corrected chi connectivity index (χ3v) is 2.68. The summed E-state index contributed by atoms with van der Waals surface area (Å²) in [4.78, 5) is 4.20. The van der Waals surface area contributed by atoms with Crippen molar-refractivity contribution in [2.75, 3.05) is 5.73 Å². The fraction of sp³-hybridized carbons (Fsp3) is 0.385. The largest absolute Gasteiger partial charge is 0.382 e. The minimum absolute atomic E-state index is 0.548. The van der Waals surface area contributed by atoms with E-state index in [1.807, 2.05) is 19.3 Å². The van der Waals surface area contributed by atoms with Crippen LogP contribution in [-0.4, -0.2) is 15.2 Å². The van der Waals surface area contributed by atoms with Crippen LogP contribution in [0.2, 0.25) is 0 Å². The van der Waals surface area contributed by atoms with Crippen LogP contribution in [0.5, 0.6) is 0 Å². The number of aromatic amines is 1. The molecule has 90 valence electrons. The molecule has 0 saturated heterocycles. The Hall–Kier alpha value is -1.84. The smallest absolute Gasteiger partial charge is 0.149 e. The summed E-state index contributed by atoms with van der Waals surface area (Å²) in [6.07, 6.45) is 4.60. The van der Waals surface area contributed by atoms with Gasteiger partial charge in [-0.1, -0.05) is 13.8 Å². The number of nitrogens with zero attached hydrogens (tertiary/aromatic N) is 2. The highest BCUT2D eigenvalue weighted by Crippen LogP contribution is 2.27. The van der Waals surface area contributed by atoms with Crippen molar-refractivity contribution >= 4 is 5.82 Å². The second-order valence-electron chi connectivity index (χ2n) is 4.81. The zero-order valence-corrected chi connectivity index (χ0v) is 10.5. The number of H-pyrrole nitrogens is 1. The van der Waals surface area contributed by atoms with Gasteiger partial charge in [0, 0.05) is 23.5 Å². The van der Waals surface area contributed by atoms with Gasteiger partial charge in [-0.3, -0.25) is 10.1 Å². The maximum Gasteiger partial charge on any atom is 0.149 e. The van der Waals surface area contributed by atoms with Crippen molar-refractivity contribution < 1.29 is 0 Å². The van der Waals surface area contributed by atoms with Gasteiger partial charge >= 0.3 is 0 Å². The second-order valence-corrected chi connectivity index (χ2v) is 4.81. The zero-order chi connectivity index (χ0) is 12.4. The molecule has 0 aliphatic heterocycles. The van der Waals surface area contributed by atoms with Crippen LogP contribution in [0.4, 0.5) is 5.82 Å². The van der Waals surface area contributed by atoms with Gasteiger partial charge in [0.25, 0.3) is 0 Å². The lowest BCUT2D eigenvalue weighted by Gasteiger charge is -2.07. The van der Waals surface area contributed by atoms with Crippen molar-refractivity contribution in [2.24, 2.45) is 5.92 Å². The van der Waals surface area contributed by atoms with Crippen molar-refractivity contribution in [3.05, 3.63) is 29.6 Å². The van der Waals surface area contributed by atoms with E-state index >= 15 is 0 Å². The lowest BCUT2D eigenvalue weighted by Crippen LogP contribution is -1.99. The minimum atomic E-state index is 0.548. The summed E-state index contributed by atoms with van der Waals surface area (Å²) >= 11 is 0. The van der Waals surface area contributed by atoms with E-state index in [1.54, 1.807) is 0 Å².